The van der Waals surface area contributed by atoms with Crippen LogP contribution in [0.3, 0.4) is 0 Å². The molecule has 0 radical (unpaired) electrons. The maximum Gasteiger partial charge on any atom is 0.306 e. The zero-order valence-corrected chi connectivity index (χ0v) is 37.7. The van der Waals surface area contributed by atoms with Gasteiger partial charge in [-0.05, 0) is 165 Å². The van der Waals surface area contributed by atoms with Crippen molar-refractivity contribution in [2.45, 2.75) is 105 Å². The van der Waals surface area contributed by atoms with Crippen molar-refractivity contribution in [3.8, 4) is 0 Å². The number of esters is 2. The lowest BCUT2D eigenvalue weighted by Crippen LogP contribution is -2.15. The van der Waals surface area contributed by atoms with Crippen molar-refractivity contribution in [2.24, 2.45) is 0 Å². The molecule has 0 aliphatic carbocycles. The Bertz CT molecular complexity index is 2380. The summed E-state index contributed by atoms with van der Waals surface area (Å²) in [6, 6.07) is 0. The number of aromatic amines is 4. The average molecular weight is 819 g/mol. The van der Waals surface area contributed by atoms with E-state index in [1.54, 1.807) is 0 Å². The van der Waals surface area contributed by atoms with Gasteiger partial charge in [0.15, 0.2) is 0 Å². The van der Waals surface area contributed by atoms with Crippen LogP contribution in [0.4, 0.5) is 0 Å². The molecule has 0 saturated heterocycles. The first-order valence-corrected chi connectivity index (χ1v) is 21.9. The number of nitrogens with zero attached hydrogens (tertiary/aromatic N) is 2. The van der Waals surface area contributed by atoms with E-state index in [9.17, 15) is 9.59 Å². The second kappa shape index (κ2) is 22.0. The van der Waals surface area contributed by atoms with E-state index in [2.05, 4.69) is 123 Å². The Morgan fingerprint density at radius 3 is 1.57 bits per heavy atom. The highest BCUT2D eigenvalue weighted by Gasteiger charge is 2.18. The molecule has 0 spiro atoms. The Balaban J connectivity index is 1.51. The van der Waals surface area contributed by atoms with Gasteiger partial charge in [0.1, 0.15) is 0 Å². The molecule has 5 heterocycles. The molecule has 4 aromatic rings. The third kappa shape index (κ3) is 12.0. The number of hydrogen-bond acceptors (Lipinski definition) is 6. The lowest BCUT2D eigenvalue weighted by molar-refractivity contribution is -0.144. The van der Waals surface area contributed by atoms with E-state index in [0.29, 0.717) is 26.1 Å². The first kappa shape index (κ1) is 46.0. The summed E-state index contributed by atoms with van der Waals surface area (Å²) >= 11 is 0. The van der Waals surface area contributed by atoms with E-state index in [1.165, 1.54) is 0 Å². The number of carbonyl (C=O) groups excluding carboxylic acids is 2. The van der Waals surface area contributed by atoms with Crippen LogP contribution in [-0.4, -0.2) is 96.2 Å². The van der Waals surface area contributed by atoms with E-state index < -0.39 is 0 Å². The first-order valence-electron chi connectivity index (χ1n) is 21.9. The lowest BCUT2D eigenvalue weighted by atomic mass is 10.0. The fourth-order valence-corrected chi connectivity index (χ4v) is 8.20. The second-order valence-corrected chi connectivity index (χ2v) is 17.0. The van der Waals surface area contributed by atoms with Crippen LogP contribution in [0.1, 0.15) is 131 Å². The third-order valence-electron chi connectivity index (χ3n) is 11.9. The van der Waals surface area contributed by atoms with Gasteiger partial charge in [-0.25, -0.2) is 0 Å². The van der Waals surface area contributed by atoms with Crippen molar-refractivity contribution in [1.29, 1.82) is 0 Å². The van der Waals surface area contributed by atoms with Gasteiger partial charge in [0.2, 0.25) is 0 Å². The SMILES string of the molecule is C=Cc1c2[nH]c(c1C)C=c1[nH]c(c(CCC(=O)OCCCCCCN(C)C)c1C)=Cc1[nH]c(c(C)c1CCC(=O)OCCCCCCN(C)C)C=c1[nH]c(c(C)c1C=C)=C2. The standard InChI is InChI=1S/C50H70N6O4/c1-11-37-33(3)41-29-42-35(5)39(21-23-49(57)59-27-19-15-13-17-25-55(7)8)47(53-42)32-48-40(22-24-50(58)60-28-20-16-14-18-26-56(9)10)36(6)44(54-48)31-46-38(12-2)34(4)43(52-46)30-45(37)51-41/h11-12,29-32,51-54H,1-2,13-28H2,3-10H3. The smallest absolute Gasteiger partial charge is 0.306 e. The molecule has 0 amide bonds. The lowest BCUT2D eigenvalue weighted by Gasteiger charge is -2.09. The van der Waals surface area contributed by atoms with Gasteiger partial charge in [-0.3, -0.25) is 9.59 Å². The molecule has 1 aliphatic heterocycles. The van der Waals surface area contributed by atoms with Gasteiger partial charge in [0, 0.05) is 68.1 Å². The molecule has 1 aliphatic rings. The third-order valence-corrected chi connectivity index (χ3v) is 11.9. The summed E-state index contributed by atoms with van der Waals surface area (Å²) in [7, 11) is 8.37. The molecule has 0 atom stereocenters. The normalized spacial score (nSPS) is 12.2. The zero-order valence-electron chi connectivity index (χ0n) is 37.7. The van der Waals surface area contributed by atoms with Crippen LogP contribution in [0.5, 0.6) is 0 Å². The minimum absolute atomic E-state index is 0.186. The van der Waals surface area contributed by atoms with E-state index in [-0.39, 0.29) is 24.8 Å². The van der Waals surface area contributed by atoms with Crippen molar-refractivity contribution >= 4 is 48.4 Å². The molecule has 60 heavy (non-hydrogen) atoms. The van der Waals surface area contributed by atoms with Crippen LogP contribution in [0.25, 0.3) is 36.5 Å². The number of H-pyrrole nitrogens is 4. The zero-order chi connectivity index (χ0) is 43.3. The fourth-order valence-electron chi connectivity index (χ4n) is 8.20. The Hall–Kier alpha value is -5.06. The predicted molar refractivity (Wildman–Crippen MR) is 248 cm³/mol. The largest absolute Gasteiger partial charge is 0.466 e. The van der Waals surface area contributed by atoms with Crippen LogP contribution in [0.2, 0.25) is 0 Å². The summed E-state index contributed by atoms with van der Waals surface area (Å²) in [5, 5.41) is 3.78. The van der Waals surface area contributed by atoms with Gasteiger partial charge < -0.3 is 39.2 Å². The number of hydrogen-bond donors (Lipinski definition) is 4. The van der Waals surface area contributed by atoms with E-state index in [4.69, 9.17) is 9.47 Å². The second-order valence-electron chi connectivity index (χ2n) is 17.0. The molecule has 10 heteroatoms. The minimum atomic E-state index is -0.187. The highest BCUT2D eigenvalue weighted by atomic mass is 16.5. The summed E-state index contributed by atoms with van der Waals surface area (Å²) in [5.74, 6) is -0.374. The molecule has 324 valence electrons. The first-order chi connectivity index (χ1) is 28.8. The van der Waals surface area contributed by atoms with Crippen LogP contribution >= 0.6 is 0 Å². The molecular weight excluding hydrogens is 749 g/mol. The van der Waals surface area contributed by atoms with Gasteiger partial charge in [-0.15, -0.1) is 0 Å². The number of carbonyl (C=O) groups is 2. The van der Waals surface area contributed by atoms with E-state index >= 15 is 0 Å². The van der Waals surface area contributed by atoms with E-state index in [0.717, 1.165) is 153 Å². The van der Waals surface area contributed by atoms with Crippen molar-refractivity contribution in [3.63, 3.8) is 0 Å². The summed E-state index contributed by atoms with van der Waals surface area (Å²) in [6.45, 7) is 19.8. The quantitative estimate of drug-likeness (QED) is 0.0478. The maximum absolute atomic E-state index is 13.1. The summed E-state index contributed by atoms with van der Waals surface area (Å²) in [4.78, 5) is 45.4. The molecule has 4 aromatic heterocycles. The minimum Gasteiger partial charge on any atom is -0.466 e. The number of unbranched alkanes of at least 4 members (excludes halogenated alkanes) is 6. The molecule has 0 fully saturated rings. The number of fused-ring (bicyclic) bond motifs is 8. The molecule has 0 unspecified atom stereocenters. The topological polar surface area (TPSA) is 122 Å². The number of ether oxygens (including phenoxy) is 2. The summed E-state index contributed by atoms with van der Waals surface area (Å²) < 4.78 is 11.4. The number of aromatic nitrogens is 4. The van der Waals surface area contributed by atoms with E-state index in [1.807, 2.05) is 12.2 Å². The fraction of sp³-hybridized carbons (Fsp3) is 0.480. The van der Waals surface area contributed by atoms with Crippen LogP contribution in [-0.2, 0) is 31.9 Å². The Morgan fingerprint density at radius 1 is 0.517 bits per heavy atom. The molecule has 10 nitrogen and oxygen atoms in total. The van der Waals surface area contributed by atoms with Crippen molar-refractivity contribution in [2.75, 3.05) is 54.5 Å². The van der Waals surface area contributed by atoms with Gasteiger partial charge >= 0.3 is 11.9 Å². The molecule has 4 N–H and O–H groups in total. The van der Waals surface area contributed by atoms with Crippen molar-refractivity contribution < 1.29 is 19.1 Å². The summed E-state index contributed by atoms with van der Waals surface area (Å²) in [5.41, 5.74) is 12.3. The Morgan fingerprint density at radius 2 is 0.983 bits per heavy atom. The van der Waals surface area contributed by atoms with Crippen LogP contribution in [0, 0.1) is 27.7 Å². The molecule has 0 saturated carbocycles. The van der Waals surface area contributed by atoms with Crippen LogP contribution < -0.4 is 21.4 Å². The van der Waals surface area contributed by atoms with Crippen molar-refractivity contribution in [3.05, 3.63) is 102 Å². The van der Waals surface area contributed by atoms with Gasteiger partial charge in [0.25, 0.3) is 0 Å². The maximum atomic E-state index is 13.1. The Labute approximate surface area is 357 Å². The molecule has 8 bridgehead atoms. The molecular formula is C50H70N6O4. The molecule has 5 rings (SSSR count). The van der Waals surface area contributed by atoms with Crippen LogP contribution in [0.15, 0.2) is 13.2 Å². The highest BCUT2D eigenvalue weighted by molar-refractivity contribution is 5.73. The number of nitrogens with one attached hydrogen (secondary N) is 4. The van der Waals surface area contributed by atoms with Gasteiger partial charge in [0.05, 0.1) is 13.2 Å². The van der Waals surface area contributed by atoms with Crippen molar-refractivity contribution in [1.82, 2.24) is 29.7 Å². The Kier molecular flexibility index (Phi) is 16.9. The molecule has 0 aromatic carbocycles. The highest BCUT2D eigenvalue weighted by Crippen LogP contribution is 2.24. The number of rotatable bonds is 22. The van der Waals surface area contributed by atoms with Gasteiger partial charge in [-0.2, -0.15) is 0 Å². The summed E-state index contributed by atoms with van der Waals surface area (Å²) in [6.07, 6.45) is 22.3. The van der Waals surface area contributed by atoms with Gasteiger partial charge in [-0.1, -0.05) is 51.0 Å². The predicted octanol–water partition coefficient (Wildman–Crippen LogP) is 6.34. The monoisotopic (exact) mass is 819 g/mol. The average Bonchev–Trinajstić information content (AvgIpc) is 3.87.